The first-order chi connectivity index (χ1) is 15.0. The Bertz CT molecular complexity index is 1120. The van der Waals surface area contributed by atoms with E-state index in [2.05, 4.69) is 26.1 Å². The summed E-state index contributed by atoms with van der Waals surface area (Å²) in [5.74, 6) is 0.430. The first-order valence-corrected chi connectivity index (χ1v) is 11.2. The maximum absolute atomic E-state index is 12.8. The molecule has 1 N–H and O–H groups in total. The molecule has 0 bridgehead atoms. The minimum absolute atomic E-state index is 0.0203. The summed E-state index contributed by atoms with van der Waals surface area (Å²) >= 11 is 3.35. The van der Waals surface area contributed by atoms with Gasteiger partial charge in [-0.2, -0.15) is 0 Å². The predicted molar refractivity (Wildman–Crippen MR) is 124 cm³/mol. The van der Waals surface area contributed by atoms with Gasteiger partial charge in [0.25, 0.3) is 5.91 Å². The number of nitrogens with one attached hydrogen (secondary N) is 1. The van der Waals surface area contributed by atoms with Gasteiger partial charge >= 0.3 is 0 Å². The minimum atomic E-state index is -0.391. The van der Waals surface area contributed by atoms with Gasteiger partial charge in [0.05, 0.1) is 18.5 Å². The zero-order chi connectivity index (χ0) is 21.8. The Labute approximate surface area is 189 Å². The van der Waals surface area contributed by atoms with Gasteiger partial charge in [0.2, 0.25) is 0 Å². The summed E-state index contributed by atoms with van der Waals surface area (Å²) < 4.78 is 11.8. The summed E-state index contributed by atoms with van der Waals surface area (Å²) in [6.07, 6.45) is 3.53. The molecule has 1 atom stereocenters. The van der Waals surface area contributed by atoms with Crippen LogP contribution in [0, 0.1) is 0 Å². The van der Waals surface area contributed by atoms with Gasteiger partial charge in [-0.15, -0.1) is 0 Å². The van der Waals surface area contributed by atoms with Crippen molar-refractivity contribution < 1.29 is 13.9 Å². The fraction of sp³-hybridized carbons (Fsp3) is 0.333. The molecule has 4 rings (SSSR count). The molecule has 0 saturated carbocycles. The number of carbonyl (C=O) groups is 1. The molecule has 6 nitrogen and oxygen atoms in total. The fourth-order valence-corrected chi connectivity index (χ4v) is 4.39. The molecule has 1 aliphatic rings. The van der Waals surface area contributed by atoms with Crippen LogP contribution in [0.25, 0.3) is 11.0 Å². The molecule has 1 saturated heterocycles. The Morgan fingerprint density at radius 2 is 1.87 bits per heavy atom. The number of ether oxygens (including phenoxy) is 1. The lowest BCUT2D eigenvalue weighted by Gasteiger charge is -2.35. The van der Waals surface area contributed by atoms with Crippen molar-refractivity contribution in [3.8, 4) is 5.75 Å². The van der Waals surface area contributed by atoms with Crippen LogP contribution in [0.15, 0.2) is 62.2 Å². The molecule has 1 unspecified atom stereocenters. The number of likely N-dealkylation sites (tertiary alicyclic amines) is 1. The average Bonchev–Trinajstić information content (AvgIpc) is 2.80. The SMILES string of the molecule is COc1ccc(C(CNC(=O)c2cc(=O)c3cc(Br)ccc3o2)N2CCCCC2)cc1. The third kappa shape index (κ3) is 4.99. The van der Waals surface area contributed by atoms with E-state index in [-0.39, 0.29) is 17.2 Å². The molecule has 2 heterocycles. The monoisotopic (exact) mass is 484 g/mol. The van der Waals surface area contributed by atoms with E-state index in [1.807, 2.05) is 24.3 Å². The molecule has 0 radical (unpaired) electrons. The van der Waals surface area contributed by atoms with Gasteiger partial charge in [0.15, 0.2) is 11.2 Å². The highest BCUT2D eigenvalue weighted by Gasteiger charge is 2.24. The van der Waals surface area contributed by atoms with E-state index in [9.17, 15) is 9.59 Å². The Morgan fingerprint density at radius 3 is 2.58 bits per heavy atom. The topological polar surface area (TPSA) is 71.8 Å². The average molecular weight is 485 g/mol. The minimum Gasteiger partial charge on any atom is -0.497 e. The summed E-state index contributed by atoms with van der Waals surface area (Å²) in [7, 11) is 1.65. The summed E-state index contributed by atoms with van der Waals surface area (Å²) in [4.78, 5) is 27.7. The molecule has 1 aromatic heterocycles. The second-order valence-corrected chi connectivity index (χ2v) is 8.63. The van der Waals surface area contributed by atoms with Crippen LogP contribution in [0.1, 0.15) is 41.4 Å². The van der Waals surface area contributed by atoms with E-state index in [1.165, 1.54) is 12.5 Å². The van der Waals surface area contributed by atoms with Crippen molar-refractivity contribution in [2.75, 3.05) is 26.7 Å². The van der Waals surface area contributed by atoms with E-state index in [0.717, 1.165) is 41.7 Å². The van der Waals surface area contributed by atoms with Crippen molar-refractivity contribution in [2.24, 2.45) is 0 Å². The number of rotatable bonds is 6. The number of hydrogen-bond donors (Lipinski definition) is 1. The molecule has 31 heavy (non-hydrogen) atoms. The van der Waals surface area contributed by atoms with Crippen LogP contribution < -0.4 is 15.5 Å². The van der Waals surface area contributed by atoms with Gasteiger partial charge < -0.3 is 14.5 Å². The van der Waals surface area contributed by atoms with Crippen LogP contribution in [-0.2, 0) is 0 Å². The van der Waals surface area contributed by atoms with E-state index in [0.29, 0.717) is 17.5 Å². The van der Waals surface area contributed by atoms with Gasteiger partial charge in [0, 0.05) is 17.1 Å². The molecule has 2 aromatic carbocycles. The molecular weight excluding hydrogens is 460 g/mol. The first kappa shape index (κ1) is 21.6. The Hall–Kier alpha value is -2.64. The lowest BCUT2D eigenvalue weighted by atomic mass is 10.0. The number of methoxy groups -OCH3 is 1. The van der Waals surface area contributed by atoms with Gasteiger partial charge in [-0.1, -0.05) is 34.5 Å². The molecule has 0 spiro atoms. The standard InChI is InChI=1S/C24H25BrN2O4/c1-30-18-8-5-16(6-9-18)20(27-11-3-2-4-12-27)15-26-24(29)23-14-21(28)19-13-17(25)7-10-22(19)31-23/h5-10,13-14,20H,2-4,11-12,15H2,1H3,(H,26,29). The summed E-state index contributed by atoms with van der Waals surface area (Å²) in [6, 6.07) is 14.4. The highest BCUT2D eigenvalue weighted by atomic mass is 79.9. The van der Waals surface area contributed by atoms with Crippen LogP contribution in [0.3, 0.4) is 0 Å². The second kappa shape index (κ2) is 9.66. The quantitative estimate of drug-likeness (QED) is 0.556. The largest absolute Gasteiger partial charge is 0.497 e. The first-order valence-electron chi connectivity index (χ1n) is 10.4. The third-order valence-electron chi connectivity index (χ3n) is 5.70. The van der Waals surface area contributed by atoms with Gasteiger partial charge in [-0.25, -0.2) is 0 Å². The van der Waals surface area contributed by atoms with Crippen LogP contribution in [0.5, 0.6) is 5.75 Å². The van der Waals surface area contributed by atoms with Gasteiger partial charge in [-0.3, -0.25) is 14.5 Å². The molecule has 162 valence electrons. The van der Waals surface area contributed by atoms with E-state index >= 15 is 0 Å². The normalized spacial score (nSPS) is 15.5. The maximum atomic E-state index is 12.8. The van der Waals surface area contributed by atoms with E-state index < -0.39 is 5.91 Å². The molecule has 1 fully saturated rings. The summed E-state index contributed by atoms with van der Waals surface area (Å²) in [6.45, 7) is 2.41. The van der Waals surface area contributed by atoms with Crippen molar-refractivity contribution in [2.45, 2.75) is 25.3 Å². The lowest BCUT2D eigenvalue weighted by Crippen LogP contribution is -2.40. The molecule has 1 aliphatic heterocycles. The van der Waals surface area contributed by atoms with Crippen LogP contribution in [-0.4, -0.2) is 37.6 Å². The Kier molecular flexibility index (Phi) is 6.73. The lowest BCUT2D eigenvalue weighted by molar-refractivity contribution is 0.0897. The van der Waals surface area contributed by atoms with E-state index in [1.54, 1.807) is 25.3 Å². The van der Waals surface area contributed by atoms with Crippen molar-refractivity contribution in [1.82, 2.24) is 10.2 Å². The molecular formula is C24H25BrN2O4. The Morgan fingerprint density at radius 1 is 1.13 bits per heavy atom. The molecule has 1 amide bonds. The highest BCUT2D eigenvalue weighted by Crippen LogP contribution is 2.26. The number of carbonyl (C=O) groups excluding carboxylic acids is 1. The van der Waals surface area contributed by atoms with Crippen molar-refractivity contribution >= 4 is 32.8 Å². The predicted octanol–water partition coefficient (Wildman–Crippen LogP) is 4.52. The van der Waals surface area contributed by atoms with Gasteiger partial charge in [-0.05, 0) is 61.8 Å². The number of benzene rings is 2. The number of nitrogens with zero attached hydrogens (tertiary/aromatic N) is 1. The molecule has 3 aromatic rings. The second-order valence-electron chi connectivity index (χ2n) is 7.71. The smallest absolute Gasteiger partial charge is 0.287 e. The zero-order valence-electron chi connectivity index (χ0n) is 17.4. The zero-order valence-corrected chi connectivity index (χ0v) is 19.0. The number of fused-ring (bicyclic) bond motifs is 1. The molecule has 7 heteroatoms. The third-order valence-corrected chi connectivity index (χ3v) is 6.19. The van der Waals surface area contributed by atoms with Gasteiger partial charge in [0.1, 0.15) is 11.3 Å². The van der Waals surface area contributed by atoms with Crippen molar-refractivity contribution in [1.29, 1.82) is 0 Å². The molecule has 0 aliphatic carbocycles. The van der Waals surface area contributed by atoms with Crippen molar-refractivity contribution in [3.05, 3.63) is 74.6 Å². The van der Waals surface area contributed by atoms with E-state index in [4.69, 9.17) is 9.15 Å². The number of hydrogen-bond acceptors (Lipinski definition) is 5. The van der Waals surface area contributed by atoms with Crippen LogP contribution in [0.4, 0.5) is 0 Å². The summed E-state index contributed by atoms with van der Waals surface area (Å²) in [5, 5.41) is 3.41. The summed E-state index contributed by atoms with van der Waals surface area (Å²) in [5.41, 5.74) is 1.27. The number of amides is 1. The van der Waals surface area contributed by atoms with Crippen LogP contribution in [0.2, 0.25) is 0 Å². The van der Waals surface area contributed by atoms with Crippen molar-refractivity contribution in [3.63, 3.8) is 0 Å². The fourth-order valence-electron chi connectivity index (χ4n) is 4.03. The van der Waals surface area contributed by atoms with Crippen LogP contribution >= 0.6 is 15.9 Å². The number of halogens is 1. The Balaban J connectivity index is 1.54. The maximum Gasteiger partial charge on any atom is 0.287 e. The number of piperidine rings is 1. The highest BCUT2D eigenvalue weighted by molar-refractivity contribution is 9.10.